The van der Waals surface area contributed by atoms with Crippen molar-refractivity contribution in [2.75, 3.05) is 0 Å². The second-order valence-corrected chi connectivity index (χ2v) is 7.78. The van der Waals surface area contributed by atoms with Gasteiger partial charge in [0, 0.05) is 6.04 Å². The zero-order valence-electron chi connectivity index (χ0n) is 14.2. The van der Waals surface area contributed by atoms with Crippen molar-refractivity contribution >= 4 is 11.6 Å². The smallest absolute Gasteiger partial charge is 0.138 e. The number of fused-ring (bicyclic) bond motifs is 1. The highest BCUT2D eigenvalue weighted by atomic mass is 35.5. The van der Waals surface area contributed by atoms with E-state index in [-0.39, 0.29) is 17.6 Å². The van der Waals surface area contributed by atoms with E-state index in [1.807, 2.05) is 26.0 Å². The number of hydrogen-bond acceptors (Lipinski definition) is 2. The summed E-state index contributed by atoms with van der Waals surface area (Å²) in [5, 5.41) is 0.647. The molecule has 0 fully saturated rings. The summed E-state index contributed by atoms with van der Waals surface area (Å²) in [6.07, 6.45) is 1.13. The van der Waals surface area contributed by atoms with Crippen molar-refractivity contribution in [1.29, 1.82) is 0 Å². The zero-order valence-corrected chi connectivity index (χ0v) is 14.9. The predicted molar refractivity (Wildman–Crippen MR) is 97.1 cm³/mol. The van der Waals surface area contributed by atoms with Crippen molar-refractivity contribution in [3.63, 3.8) is 0 Å². The summed E-state index contributed by atoms with van der Waals surface area (Å²) in [6, 6.07) is 12.6. The third kappa shape index (κ3) is 3.11. The Morgan fingerprint density at radius 3 is 2.43 bits per heavy atom. The molecule has 0 aliphatic heterocycles. The van der Waals surface area contributed by atoms with Crippen LogP contribution in [0, 0.1) is 5.41 Å². The SMILES string of the molecule is CC(C)Oc1ccc(-c2ccc3c(c2)CC(C)(C)C3N)cc1Cl. The lowest BCUT2D eigenvalue weighted by Crippen LogP contribution is -2.24. The molecule has 1 aliphatic carbocycles. The van der Waals surface area contributed by atoms with Crippen molar-refractivity contribution in [1.82, 2.24) is 0 Å². The van der Waals surface area contributed by atoms with E-state index in [4.69, 9.17) is 22.1 Å². The first-order valence-electron chi connectivity index (χ1n) is 8.13. The zero-order chi connectivity index (χ0) is 16.8. The van der Waals surface area contributed by atoms with E-state index < -0.39 is 0 Å². The molecule has 2 nitrogen and oxygen atoms in total. The molecule has 0 aromatic heterocycles. The first-order valence-corrected chi connectivity index (χ1v) is 8.51. The molecular weight excluding hydrogens is 306 g/mol. The van der Waals surface area contributed by atoms with Gasteiger partial charge in [-0.05, 0) is 60.1 Å². The number of hydrogen-bond donors (Lipinski definition) is 1. The molecule has 0 amide bonds. The number of halogens is 1. The lowest BCUT2D eigenvalue weighted by atomic mass is 9.86. The molecular formula is C20H24ClNO. The quantitative estimate of drug-likeness (QED) is 0.820. The molecule has 2 aromatic rings. The summed E-state index contributed by atoms with van der Waals surface area (Å²) >= 11 is 6.36. The van der Waals surface area contributed by atoms with Crippen molar-refractivity contribution in [2.24, 2.45) is 11.1 Å². The van der Waals surface area contributed by atoms with E-state index in [0.29, 0.717) is 5.02 Å². The van der Waals surface area contributed by atoms with E-state index in [2.05, 4.69) is 38.1 Å². The predicted octanol–water partition coefficient (Wildman–Crippen LogP) is 5.38. The second-order valence-electron chi connectivity index (χ2n) is 7.37. The molecule has 1 aliphatic rings. The van der Waals surface area contributed by atoms with Crippen LogP contribution in [0.25, 0.3) is 11.1 Å². The molecule has 1 atom stereocenters. The largest absolute Gasteiger partial charge is 0.489 e. The summed E-state index contributed by atoms with van der Waals surface area (Å²) in [6.45, 7) is 8.45. The minimum Gasteiger partial charge on any atom is -0.489 e. The van der Waals surface area contributed by atoms with Crippen LogP contribution >= 0.6 is 11.6 Å². The van der Waals surface area contributed by atoms with Gasteiger partial charge in [0.2, 0.25) is 0 Å². The number of benzene rings is 2. The molecule has 23 heavy (non-hydrogen) atoms. The van der Waals surface area contributed by atoms with Crippen molar-refractivity contribution in [3.8, 4) is 16.9 Å². The summed E-state index contributed by atoms with van der Waals surface area (Å²) in [5.41, 5.74) is 11.4. The highest BCUT2D eigenvalue weighted by Gasteiger charge is 2.36. The highest BCUT2D eigenvalue weighted by Crippen LogP contribution is 2.44. The van der Waals surface area contributed by atoms with Crippen LogP contribution in [0.15, 0.2) is 36.4 Å². The first kappa shape index (κ1) is 16.4. The molecule has 0 saturated carbocycles. The topological polar surface area (TPSA) is 35.2 Å². The van der Waals surface area contributed by atoms with Gasteiger partial charge in [-0.15, -0.1) is 0 Å². The molecule has 0 bridgehead atoms. The van der Waals surface area contributed by atoms with Gasteiger partial charge in [0.25, 0.3) is 0 Å². The van der Waals surface area contributed by atoms with E-state index >= 15 is 0 Å². The van der Waals surface area contributed by atoms with Crippen LogP contribution in [0.5, 0.6) is 5.75 Å². The number of rotatable bonds is 3. The molecule has 2 aromatic carbocycles. The molecule has 122 valence electrons. The molecule has 2 N–H and O–H groups in total. The normalized spacial score (nSPS) is 19.0. The van der Waals surface area contributed by atoms with Crippen molar-refractivity contribution in [3.05, 3.63) is 52.5 Å². The van der Waals surface area contributed by atoms with Gasteiger partial charge in [0.1, 0.15) is 5.75 Å². The van der Waals surface area contributed by atoms with Crippen LogP contribution in [-0.4, -0.2) is 6.10 Å². The van der Waals surface area contributed by atoms with Crippen molar-refractivity contribution in [2.45, 2.75) is 46.3 Å². The van der Waals surface area contributed by atoms with Crippen LogP contribution in [0.4, 0.5) is 0 Å². The van der Waals surface area contributed by atoms with Crippen LogP contribution in [0.2, 0.25) is 5.02 Å². The summed E-state index contributed by atoms with van der Waals surface area (Å²) in [5.74, 6) is 0.731. The average molecular weight is 330 g/mol. The average Bonchev–Trinajstić information content (AvgIpc) is 2.70. The Morgan fingerprint density at radius 1 is 1.13 bits per heavy atom. The summed E-state index contributed by atoms with van der Waals surface area (Å²) in [4.78, 5) is 0. The molecule has 1 unspecified atom stereocenters. The number of nitrogens with two attached hydrogens (primary N) is 1. The fourth-order valence-corrected chi connectivity index (χ4v) is 3.52. The molecule has 0 saturated heterocycles. The third-order valence-corrected chi connectivity index (χ3v) is 4.89. The maximum Gasteiger partial charge on any atom is 0.138 e. The standard InChI is InChI=1S/C20H24ClNO/c1-12(2)23-18-8-6-14(10-17(18)21)13-5-7-16-15(9-13)11-20(3,4)19(16)22/h5-10,12,19H,11,22H2,1-4H3. The van der Waals surface area contributed by atoms with Crippen LogP contribution in [-0.2, 0) is 6.42 Å². The highest BCUT2D eigenvalue weighted by molar-refractivity contribution is 6.32. The van der Waals surface area contributed by atoms with E-state index in [1.165, 1.54) is 16.7 Å². The lowest BCUT2D eigenvalue weighted by Gasteiger charge is -2.23. The van der Waals surface area contributed by atoms with Gasteiger partial charge >= 0.3 is 0 Å². The Bertz CT molecular complexity index is 736. The molecule has 3 heteroatoms. The Kier molecular flexibility index (Phi) is 4.16. The van der Waals surface area contributed by atoms with Gasteiger partial charge in [-0.25, -0.2) is 0 Å². The van der Waals surface area contributed by atoms with Gasteiger partial charge in [-0.2, -0.15) is 0 Å². The van der Waals surface area contributed by atoms with Gasteiger partial charge in [-0.1, -0.05) is 49.7 Å². The van der Waals surface area contributed by atoms with Gasteiger partial charge in [0.15, 0.2) is 0 Å². The van der Waals surface area contributed by atoms with Crippen molar-refractivity contribution < 1.29 is 4.74 Å². The lowest BCUT2D eigenvalue weighted by molar-refractivity contribution is 0.242. The minimum atomic E-state index is 0.108. The summed E-state index contributed by atoms with van der Waals surface area (Å²) < 4.78 is 5.70. The number of ether oxygens (including phenoxy) is 1. The van der Waals surface area contributed by atoms with Gasteiger partial charge in [-0.3, -0.25) is 0 Å². The molecule has 0 heterocycles. The van der Waals surface area contributed by atoms with E-state index in [9.17, 15) is 0 Å². The molecule has 3 rings (SSSR count). The fraction of sp³-hybridized carbons (Fsp3) is 0.400. The monoisotopic (exact) mass is 329 g/mol. The molecule has 0 spiro atoms. The second kappa shape index (κ2) is 5.85. The molecule has 0 radical (unpaired) electrons. The minimum absolute atomic E-state index is 0.108. The van der Waals surface area contributed by atoms with Crippen LogP contribution in [0.1, 0.15) is 44.9 Å². The fourth-order valence-electron chi connectivity index (χ4n) is 3.29. The maximum atomic E-state index is 6.37. The first-order chi connectivity index (χ1) is 10.8. The third-order valence-electron chi connectivity index (χ3n) is 4.59. The van der Waals surface area contributed by atoms with Gasteiger partial charge < -0.3 is 10.5 Å². The van der Waals surface area contributed by atoms with E-state index in [0.717, 1.165) is 17.7 Å². The summed E-state index contributed by atoms with van der Waals surface area (Å²) in [7, 11) is 0. The Labute approximate surface area is 143 Å². The van der Waals surface area contributed by atoms with Gasteiger partial charge in [0.05, 0.1) is 11.1 Å². The van der Waals surface area contributed by atoms with E-state index in [1.54, 1.807) is 0 Å². The van der Waals surface area contributed by atoms with Crippen LogP contribution in [0.3, 0.4) is 0 Å². The Morgan fingerprint density at radius 2 is 1.78 bits per heavy atom. The Balaban J connectivity index is 1.94. The van der Waals surface area contributed by atoms with Crippen LogP contribution < -0.4 is 10.5 Å². The maximum absolute atomic E-state index is 6.37. The Hall–Kier alpha value is -1.51.